The molecule has 61 heavy (non-hydrogen) atoms. The second kappa shape index (κ2) is 14.2. The van der Waals surface area contributed by atoms with Gasteiger partial charge >= 0.3 is 0 Å². The Hall–Kier alpha value is -7.22. The fraction of sp³-hybridized carbons (Fsp3) is 0.100. The first kappa shape index (κ1) is 36.8. The van der Waals surface area contributed by atoms with Crippen molar-refractivity contribution < 1.29 is 0 Å². The third-order valence-electron chi connectivity index (χ3n) is 13.4. The summed E-state index contributed by atoms with van der Waals surface area (Å²) in [6, 6.07) is 78.3. The summed E-state index contributed by atoms with van der Waals surface area (Å²) in [5, 5.41) is 0. The Morgan fingerprint density at radius 2 is 0.721 bits per heavy atom. The molecule has 0 atom stereocenters. The van der Waals surface area contributed by atoms with Crippen LogP contribution in [0.3, 0.4) is 0 Å². The van der Waals surface area contributed by atoms with Gasteiger partial charge in [-0.15, -0.1) is 0 Å². The van der Waals surface area contributed by atoms with Crippen molar-refractivity contribution in [2.24, 2.45) is 0 Å². The maximum absolute atomic E-state index is 2.56. The van der Waals surface area contributed by atoms with Gasteiger partial charge in [0.15, 0.2) is 0 Å². The van der Waals surface area contributed by atoms with Gasteiger partial charge in [0.25, 0.3) is 0 Å². The minimum Gasteiger partial charge on any atom is -0.310 e. The van der Waals surface area contributed by atoms with Gasteiger partial charge in [0.05, 0.1) is 5.69 Å². The molecule has 0 saturated carbocycles. The highest BCUT2D eigenvalue weighted by Crippen LogP contribution is 2.60. The van der Waals surface area contributed by atoms with Crippen LogP contribution in [0.1, 0.15) is 49.9 Å². The molecule has 0 aliphatic heterocycles. The van der Waals surface area contributed by atoms with Crippen LogP contribution in [0.4, 0.5) is 17.1 Å². The van der Waals surface area contributed by atoms with Gasteiger partial charge in [0, 0.05) is 27.8 Å². The molecule has 9 aromatic carbocycles. The van der Waals surface area contributed by atoms with E-state index in [0.717, 1.165) is 11.4 Å². The average Bonchev–Trinajstić information content (AvgIpc) is 3.69. The van der Waals surface area contributed by atoms with Crippen LogP contribution >= 0.6 is 0 Å². The highest BCUT2D eigenvalue weighted by atomic mass is 15.1. The standard InChI is InChI=1S/C60H47N/c1-59(2)53-26-17-27-56(61(47-32-28-43(29-33-47)40-18-9-5-10-19-40)48-34-30-44(31-35-48)41-20-11-6-12-21-41)57(53)52-39-54-50(38-55(52)59)51-37-46(42-22-13-7-14-23-42)36-49(58(51)60(54,3)4)45-24-15-8-16-25-45/h5-39H,1-4H3. The van der Waals surface area contributed by atoms with Gasteiger partial charge < -0.3 is 4.90 Å². The first-order valence-corrected chi connectivity index (χ1v) is 21.5. The normalized spacial score (nSPS) is 13.8. The van der Waals surface area contributed by atoms with Gasteiger partial charge in [0.2, 0.25) is 0 Å². The van der Waals surface area contributed by atoms with E-state index >= 15 is 0 Å². The van der Waals surface area contributed by atoms with E-state index < -0.39 is 0 Å². The molecule has 0 heterocycles. The van der Waals surface area contributed by atoms with Crippen LogP contribution < -0.4 is 4.90 Å². The number of hydrogen-bond acceptors (Lipinski definition) is 1. The summed E-state index contributed by atoms with van der Waals surface area (Å²) in [6.07, 6.45) is 0. The van der Waals surface area contributed by atoms with E-state index in [1.54, 1.807) is 0 Å². The van der Waals surface area contributed by atoms with Crippen LogP contribution in [-0.4, -0.2) is 0 Å². The zero-order valence-corrected chi connectivity index (χ0v) is 35.2. The van der Waals surface area contributed by atoms with Crippen molar-refractivity contribution in [3.63, 3.8) is 0 Å². The number of fused-ring (bicyclic) bond motifs is 6. The summed E-state index contributed by atoms with van der Waals surface area (Å²) in [5.74, 6) is 0. The van der Waals surface area contributed by atoms with Crippen molar-refractivity contribution in [1.82, 2.24) is 0 Å². The van der Waals surface area contributed by atoms with Crippen molar-refractivity contribution in [2.75, 3.05) is 4.90 Å². The molecule has 0 aromatic heterocycles. The summed E-state index contributed by atoms with van der Waals surface area (Å²) in [4.78, 5) is 2.47. The lowest BCUT2D eigenvalue weighted by molar-refractivity contribution is 0.653. The summed E-state index contributed by atoms with van der Waals surface area (Å²) in [6.45, 7) is 9.69. The molecule has 0 unspecified atom stereocenters. The summed E-state index contributed by atoms with van der Waals surface area (Å²) < 4.78 is 0. The molecule has 0 fully saturated rings. The highest BCUT2D eigenvalue weighted by molar-refractivity contribution is 5.99. The molecule has 0 amide bonds. The zero-order chi connectivity index (χ0) is 41.3. The van der Waals surface area contributed by atoms with Crippen molar-refractivity contribution in [3.8, 4) is 66.8 Å². The highest BCUT2D eigenvalue weighted by Gasteiger charge is 2.44. The van der Waals surface area contributed by atoms with E-state index in [1.165, 1.54) is 94.7 Å². The fourth-order valence-corrected chi connectivity index (χ4v) is 10.3. The summed E-state index contributed by atoms with van der Waals surface area (Å²) in [5.41, 5.74) is 23.7. The second-order valence-electron chi connectivity index (χ2n) is 17.7. The van der Waals surface area contributed by atoms with Crippen LogP contribution in [0.25, 0.3) is 66.8 Å². The lowest BCUT2D eigenvalue weighted by Crippen LogP contribution is -2.17. The van der Waals surface area contributed by atoms with Crippen molar-refractivity contribution >= 4 is 17.1 Å². The first-order valence-electron chi connectivity index (χ1n) is 21.5. The number of benzene rings is 9. The third-order valence-corrected chi connectivity index (χ3v) is 13.4. The molecule has 9 aromatic rings. The molecule has 0 bridgehead atoms. The topological polar surface area (TPSA) is 3.24 Å². The number of rotatable bonds is 7. The van der Waals surface area contributed by atoms with Gasteiger partial charge in [-0.05, 0) is 138 Å². The Morgan fingerprint density at radius 1 is 0.295 bits per heavy atom. The number of hydrogen-bond donors (Lipinski definition) is 0. The van der Waals surface area contributed by atoms with Crippen LogP contribution in [0.5, 0.6) is 0 Å². The van der Waals surface area contributed by atoms with E-state index in [1.807, 2.05) is 0 Å². The van der Waals surface area contributed by atoms with Gasteiger partial charge in [0.1, 0.15) is 0 Å². The Labute approximate surface area is 360 Å². The predicted octanol–water partition coefficient (Wildman–Crippen LogP) is 16.4. The van der Waals surface area contributed by atoms with E-state index in [-0.39, 0.29) is 10.8 Å². The molecule has 1 heteroatoms. The average molecular weight is 782 g/mol. The molecule has 0 radical (unpaired) electrons. The second-order valence-corrected chi connectivity index (χ2v) is 17.7. The fourth-order valence-electron chi connectivity index (χ4n) is 10.3. The molecule has 0 N–H and O–H groups in total. The quantitative estimate of drug-likeness (QED) is 0.156. The van der Waals surface area contributed by atoms with Crippen molar-refractivity contribution in [1.29, 1.82) is 0 Å². The van der Waals surface area contributed by atoms with E-state index in [9.17, 15) is 0 Å². The Morgan fingerprint density at radius 3 is 1.25 bits per heavy atom. The predicted molar refractivity (Wildman–Crippen MR) is 258 cm³/mol. The Bertz CT molecular complexity index is 2990. The maximum Gasteiger partial charge on any atom is 0.0543 e. The molecule has 292 valence electrons. The summed E-state index contributed by atoms with van der Waals surface area (Å²) in [7, 11) is 0. The van der Waals surface area contributed by atoms with Crippen LogP contribution in [0, 0.1) is 0 Å². The van der Waals surface area contributed by atoms with E-state index in [0.29, 0.717) is 0 Å². The van der Waals surface area contributed by atoms with Gasteiger partial charge in [-0.2, -0.15) is 0 Å². The van der Waals surface area contributed by atoms with Crippen LogP contribution in [0.2, 0.25) is 0 Å². The molecule has 1 nitrogen and oxygen atoms in total. The van der Waals surface area contributed by atoms with Crippen molar-refractivity contribution in [2.45, 2.75) is 38.5 Å². The molecule has 0 saturated heterocycles. The Kier molecular flexibility index (Phi) is 8.58. The van der Waals surface area contributed by atoms with Gasteiger partial charge in [-0.25, -0.2) is 0 Å². The molecular formula is C60H47N. The zero-order valence-electron chi connectivity index (χ0n) is 35.2. The minimum absolute atomic E-state index is 0.220. The van der Waals surface area contributed by atoms with Gasteiger partial charge in [-0.3, -0.25) is 0 Å². The van der Waals surface area contributed by atoms with Crippen molar-refractivity contribution in [3.05, 3.63) is 235 Å². The molecule has 11 rings (SSSR count). The lowest BCUT2D eigenvalue weighted by atomic mass is 9.77. The summed E-state index contributed by atoms with van der Waals surface area (Å²) >= 11 is 0. The molecule has 2 aliphatic rings. The maximum atomic E-state index is 2.56. The van der Waals surface area contributed by atoms with Gasteiger partial charge in [-0.1, -0.05) is 185 Å². The van der Waals surface area contributed by atoms with Crippen LogP contribution in [-0.2, 0) is 10.8 Å². The van der Waals surface area contributed by atoms with E-state index in [2.05, 4.69) is 245 Å². The monoisotopic (exact) mass is 781 g/mol. The van der Waals surface area contributed by atoms with E-state index in [4.69, 9.17) is 0 Å². The largest absolute Gasteiger partial charge is 0.310 e. The molecule has 2 aliphatic carbocycles. The lowest BCUT2D eigenvalue weighted by Gasteiger charge is -2.29. The molecular weight excluding hydrogens is 735 g/mol. The van der Waals surface area contributed by atoms with Crippen LogP contribution in [0.15, 0.2) is 212 Å². The third kappa shape index (κ3) is 5.99. The smallest absolute Gasteiger partial charge is 0.0543 e. The number of nitrogens with zero attached hydrogens (tertiary/aromatic N) is 1. The SMILES string of the molecule is CC1(C)c2cc3c(cc2-c2c(N(c4ccc(-c5ccccc5)cc4)c4ccc(-c5ccccc5)cc4)cccc21)C(C)(C)c1c(-c2ccccc2)cc(-c2ccccc2)cc1-3. The Balaban J connectivity index is 1.11. The number of anilines is 3. The minimum atomic E-state index is -0.234. The first-order chi connectivity index (χ1) is 29.8. The molecule has 0 spiro atoms.